The summed E-state index contributed by atoms with van der Waals surface area (Å²) in [5.41, 5.74) is 6.15. The van der Waals surface area contributed by atoms with Gasteiger partial charge in [0, 0.05) is 28.9 Å². The van der Waals surface area contributed by atoms with Crippen molar-refractivity contribution in [3.8, 4) is 22.4 Å². The van der Waals surface area contributed by atoms with Gasteiger partial charge >= 0.3 is 0 Å². The van der Waals surface area contributed by atoms with Crippen molar-refractivity contribution in [2.45, 2.75) is 6.92 Å². The second-order valence-electron chi connectivity index (χ2n) is 5.05. The molecule has 0 saturated carbocycles. The minimum absolute atomic E-state index is 0.893. The molecule has 4 heteroatoms. The van der Waals surface area contributed by atoms with Crippen LogP contribution in [0.2, 0.25) is 0 Å². The maximum absolute atomic E-state index is 5.46. The summed E-state index contributed by atoms with van der Waals surface area (Å²) in [5, 5.41) is 7.90. The highest BCUT2D eigenvalue weighted by Crippen LogP contribution is 2.28. The van der Waals surface area contributed by atoms with Gasteiger partial charge in [-0.05, 0) is 36.2 Å². The Hall–Kier alpha value is -2.88. The third-order valence-corrected chi connectivity index (χ3v) is 3.64. The van der Waals surface area contributed by atoms with Crippen LogP contribution in [0.25, 0.3) is 33.4 Å². The summed E-state index contributed by atoms with van der Waals surface area (Å²) in [6.45, 7) is 2.06. The number of aryl methyl sites for hydroxylation is 1. The van der Waals surface area contributed by atoms with E-state index < -0.39 is 0 Å². The fraction of sp³-hybridized carbons (Fsp3) is 0.0588. The van der Waals surface area contributed by atoms with Crippen LogP contribution in [0, 0.1) is 6.92 Å². The highest BCUT2D eigenvalue weighted by atomic mass is 16.3. The van der Waals surface area contributed by atoms with E-state index in [9.17, 15) is 0 Å². The summed E-state index contributed by atoms with van der Waals surface area (Å²) in [5.74, 6) is 0. The Balaban J connectivity index is 1.80. The van der Waals surface area contributed by atoms with Crippen molar-refractivity contribution < 1.29 is 4.42 Å². The molecule has 21 heavy (non-hydrogen) atoms. The standard InChI is InChI=1S/C17H13N3O/c1-11-6-14(8-18-17(11)15-9-19-20-10-15)13-3-2-12-4-5-21-16(12)7-13/h2-10H,1H3,(H,19,20). The topological polar surface area (TPSA) is 54.7 Å². The first kappa shape index (κ1) is 11.9. The Morgan fingerprint density at radius 3 is 2.76 bits per heavy atom. The van der Waals surface area contributed by atoms with Gasteiger partial charge in [-0.3, -0.25) is 10.1 Å². The lowest BCUT2D eigenvalue weighted by molar-refractivity contribution is 0.616. The normalized spacial score (nSPS) is 11.1. The number of benzene rings is 1. The fourth-order valence-corrected chi connectivity index (χ4v) is 2.55. The zero-order valence-corrected chi connectivity index (χ0v) is 11.5. The van der Waals surface area contributed by atoms with Gasteiger partial charge in [-0.2, -0.15) is 5.10 Å². The van der Waals surface area contributed by atoms with E-state index in [1.807, 2.05) is 24.5 Å². The molecule has 4 rings (SSSR count). The molecule has 0 spiro atoms. The van der Waals surface area contributed by atoms with Crippen molar-refractivity contribution in [3.05, 3.63) is 60.7 Å². The van der Waals surface area contributed by atoms with Gasteiger partial charge in [-0.15, -0.1) is 0 Å². The minimum atomic E-state index is 0.893. The van der Waals surface area contributed by atoms with E-state index in [4.69, 9.17) is 4.42 Å². The van der Waals surface area contributed by atoms with Crippen molar-refractivity contribution in [3.63, 3.8) is 0 Å². The van der Waals surface area contributed by atoms with E-state index in [0.29, 0.717) is 0 Å². The maximum Gasteiger partial charge on any atom is 0.134 e. The van der Waals surface area contributed by atoms with Gasteiger partial charge in [0.25, 0.3) is 0 Å². The van der Waals surface area contributed by atoms with Crippen LogP contribution in [0.1, 0.15) is 5.56 Å². The molecule has 0 fully saturated rings. The van der Waals surface area contributed by atoms with Gasteiger partial charge in [0.05, 0.1) is 18.2 Å². The lowest BCUT2D eigenvalue weighted by Crippen LogP contribution is -1.89. The lowest BCUT2D eigenvalue weighted by Gasteiger charge is -2.06. The van der Waals surface area contributed by atoms with Gasteiger partial charge in [0.15, 0.2) is 0 Å². The second kappa shape index (κ2) is 4.59. The molecule has 0 bridgehead atoms. The average molecular weight is 275 g/mol. The quantitative estimate of drug-likeness (QED) is 0.596. The smallest absolute Gasteiger partial charge is 0.134 e. The van der Waals surface area contributed by atoms with Crippen LogP contribution in [0.3, 0.4) is 0 Å². The number of hydrogen-bond donors (Lipinski definition) is 1. The largest absolute Gasteiger partial charge is 0.464 e. The Labute approximate surface area is 121 Å². The molecule has 3 heterocycles. The van der Waals surface area contributed by atoms with Crippen molar-refractivity contribution in [2.24, 2.45) is 0 Å². The molecule has 0 aliphatic rings. The van der Waals surface area contributed by atoms with E-state index in [1.54, 1.807) is 12.5 Å². The van der Waals surface area contributed by atoms with Crippen LogP contribution in [-0.4, -0.2) is 15.2 Å². The Bertz CT molecular complexity index is 907. The second-order valence-corrected chi connectivity index (χ2v) is 5.05. The van der Waals surface area contributed by atoms with Crippen LogP contribution in [0.5, 0.6) is 0 Å². The predicted molar refractivity (Wildman–Crippen MR) is 81.8 cm³/mol. The molecule has 0 aliphatic carbocycles. The molecule has 0 radical (unpaired) electrons. The highest BCUT2D eigenvalue weighted by Gasteiger charge is 2.08. The number of aromatic nitrogens is 3. The molecule has 0 amide bonds. The number of furan rings is 1. The molecule has 1 aromatic carbocycles. The Kier molecular flexibility index (Phi) is 2.60. The van der Waals surface area contributed by atoms with E-state index in [2.05, 4.69) is 40.3 Å². The molecule has 3 aromatic heterocycles. The summed E-state index contributed by atoms with van der Waals surface area (Å²) in [4.78, 5) is 4.57. The zero-order valence-electron chi connectivity index (χ0n) is 11.5. The highest BCUT2D eigenvalue weighted by molar-refractivity contribution is 5.83. The van der Waals surface area contributed by atoms with Crippen molar-refractivity contribution in [1.82, 2.24) is 15.2 Å². The van der Waals surface area contributed by atoms with Crippen LogP contribution in [0.15, 0.2) is 59.6 Å². The molecule has 102 valence electrons. The minimum Gasteiger partial charge on any atom is -0.464 e. The number of hydrogen-bond acceptors (Lipinski definition) is 3. The van der Waals surface area contributed by atoms with E-state index >= 15 is 0 Å². The average Bonchev–Trinajstić information content (AvgIpc) is 3.17. The summed E-state index contributed by atoms with van der Waals surface area (Å²) in [7, 11) is 0. The van der Waals surface area contributed by atoms with Crippen LogP contribution in [0.4, 0.5) is 0 Å². The van der Waals surface area contributed by atoms with E-state index in [0.717, 1.165) is 38.9 Å². The molecular weight excluding hydrogens is 262 g/mol. The molecule has 4 nitrogen and oxygen atoms in total. The van der Waals surface area contributed by atoms with Gasteiger partial charge in [-0.1, -0.05) is 12.1 Å². The third-order valence-electron chi connectivity index (χ3n) is 3.64. The summed E-state index contributed by atoms with van der Waals surface area (Å²) in [6, 6.07) is 10.3. The SMILES string of the molecule is Cc1cc(-c2ccc3ccoc3c2)cnc1-c1cn[nH]c1. The van der Waals surface area contributed by atoms with Crippen molar-refractivity contribution in [1.29, 1.82) is 0 Å². The number of pyridine rings is 1. The fourth-order valence-electron chi connectivity index (χ4n) is 2.55. The first-order valence-corrected chi connectivity index (χ1v) is 6.75. The first-order chi connectivity index (χ1) is 10.3. The monoisotopic (exact) mass is 275 g/mol. The number of nitrogens with one attached hydrogen (secondary N) is 1. The molecule has 4 aromatic rings. The summed E-state index contributed by atoms with van der Waals surface area (Å²) >= 11 is 0. The van der Waals surface area contributed by atoms with Gasteiger partial charge < -0.3 is 4.42 Å². The van der Waals surface area contributed by atoms with Gasteiger partial charge in [0.2, 0.25) is 0 Å². The van der Waals surface area contributed by atoms with E-state index in [-0.39, 0.29) is 0 Å². The number of fused-ring (bicyclic) bond motifs is 1. The maximum atomic E-state index is 5.46. The number of H-pyrrole nitrogens is 1. The van der Waals surface area contributed by atoms with Crippen LogP contribution in [-0.2, 0) is 0 Å². The molecule has 0 unspecified atom stereocenters. The summed E-state index contributed by atoms with van der Waals surface area (Å²) in [6.07, 6.45) is 7.23. The van der Waals surface area contributed by atoms with Gasteiger partial charge in [-0.25, -0.2) is 0 Å². The third kappa shape index (κ3) is 2.01. The number of rotatable bonds is 2. The van der Waals surface area contributed by atoms with E-state index in [1.165, 1.54) is 0 Å². The molecule has 0 saturated heterocycles. The first-order valence-electron chi connectivity index (χ1n) is 6.75. The predicted octanol–water partition coefficient (Wildman–Crippen LogP) is 4.19. The van der Waals surface area contributed by atoms with Crippen LogP contribution < -0.4 is 0 Å². The Morgan fingerprint density at radius 1 is 1.00 bits per heavy atom. The van der Waals surface area contributed by atoms with Crippen LogP contribution >= 0.6 is 0 Å². The Morgan fingerprint density at radius 2 is 1.95 bits per heavy atom. The number of nitrogens with zero attached hydrogens (tertiary/aromatic N) is 2. The molecular formula is C17H13N3O. The molecule has 0 aliphatic heterocycles. The summed E-state index contributed by atoms with van der Waals surface area (Å²) < 4.78 is 5.46. The molecule has 0 atom stereocenters. The lowest BCUT2D eigenvalue weighted by atomic mass is 10.0. The van der Waals surface area contributed by atoms with Gasteiger partial charge in [0.1, 0.15) is 5.58 Å². The van der Waals surface area contributed by atoms with Crippen molar-refractivity contribution >= 4 is 11.0 Å². The number of aromatic amines is 1. The molecule has 1 N–H and O–H groups in total. The van der Waals surface area contributed by atoms with Crippen molar-refractivity contribution in [2.75, 3.05) is 0 Å². The zero-order chi connectivity index (χ0) is 14.2.